The monoisotopic (exact) mass is 459 g/mol. The number of ether oxygens (including phenoxy) is 2. The maximum absolute atomic E-state index is 11.2. The second kappa shape index (κ2) is 8.18. The summed E-state index contributed by atoms with van der Waals surface area (Å²) in [5.41, 5.74) is 4.64. The van der Waals surface area contributed by atoms with Gasteiger partial charge in [-0.2, -0.15) is 14.0 Å². The first-order valence-corrected chi connectivity index (χ1v) is 10.3. The molecule has 10 nitrogen and oxygen atoms in total. The zero-order chi connectivity index (χ0) is 22.9. The maximum Gasteiger partial charge on any atom is 0.341 e. The molecule has 0 bridgehead atoms. The van der Waals surface area contributed by atoms with E-state index in [0.717, 1.165) is 11.7 Å². The molecule has 0 fully saturated rings. The molecule has 3 aromatic carbocycles. The van der Waals surface area contributed by atoms with Crippen molar-refractivity contribution >= 4 is 39.8 Å². The third kappa shape index (κ3) is 3.38. The van der Waals surface area contributed by atoms with Crippen molar-refractivity contribution in [3.8, 4) is 39.8 Å². The van der Waals surface area contributed by atoms with Crippen molar-refractivity contribution in [1.82, 2.24) is 19.1 Å². The predicted octanol–water partition coefficient (Wildman–Crippen LogP) is 3.91. The molecule has 0 amide bonds. The highest BCUT2D eigenvalue weighted by molar-refractivity contribution is 7.00. The minimum Gasteiger partial charge on any atom is -0.495 e. The highest BCUT2D eigenvalue weighted by Gasteiger charge is 2.24. The molecule has 5 rings (SSSR count). The summed E-state index contributed by atoms with van der Waals surface area (Å²) in [4.78, 5) is 11.2. The van der Waals surface area contributed by atoms with E-state index in [4.69, 9.17) is 19.2 Å². The molecule has 0 saturated heterocycles. The van der Waals surface area contributed by atoms with Gasteiger partial charge >= 0.3 is 5.97 Å². The fraction of sp³-hybridized carbons (Fsp3) is 0.0909. The Morgan fingerprint density at radius 1 is 1.06 bits per heavy atom. The van der Waals surface area contributed by atoms with Crippen LogP contribution >= 0.6 is 11.7 Å². The number of hydrogen-bond donors (Lipinski definition) is 1. The van der Waals surface area contributed by atoms with Crippen LogP contribution < -0.4 is 9.47 Å². The predicted molar refractivity (Wildman–Crippen MR) is 118 cm³/mol. The van der Waals surface area contributed by atoms with Gasteiger partial charge in [0.2, 0.25) is 0 Å². The molecular formula is C22H13N5O5S. The molecule has 162 valence electrons. The molecular weight excluding hydrogens is 446 g/mol. The minimum absolute atomic E-state index is 0.269. The van der Waals surface area contributed by atoms with Crippen molar-refractivity contribution in [3.63, 3.8) is 0 Å². The Labute approximate surface area is 189 Å². The normalized spacial score (nSPS) is 10.9. The van der Waals surface area contributed by atoms with Crippen LogP contribution in [0.5, 0.6) is 11.5 Å². The lowest BCUT2D eigenvalue weighted by atomic mass is 9.93. The Morgan fingerprint density at radius 2 is 1.91 bits per heavy atom. The average Bonchev–Trinajstić information content (AvgIpc) is 3.50. The topological polar surface area (TPSA) is 144 Å². The van der Waals surface area contributed by atoms with Crippen molar-refractivity contribution < 1.29 is 24.0 Å². The summed E-state index contributed by atoms with van der Waals surface area (Å²) in [5.74, 6) is -0.444. The van der Waals surface area contributed by atoms with Gasteiger partial charge in [-0.3, -0.25) is 0 Å². The molecule has 2 heterocycles. The van der Waals surface area contributed by atoms with Gasteiger partial charge in [0, 0.05) is 16.7 Å². The second-order valence-electron chi connectivity index (χ2n) is 6.87. The molecule has 0 atom stereocenters. The number of carbonyl (C=O) groups is 1. The smallest absolute Gasteiger partial charge is 0.341 e. The van der Waals surface area contributed by atoms with Crippen molar-refractivity contribution in [3.05, 3.63) is 48.0 Å². The molecule has 0 radical (unpaired) electrons. The number of carboxylic acids is 1. The zero-order valence-electron chi connectivity index (χ0n) is 17.0. The number of hydrogen-bond acceptors (Lipinski definition) is 10. The Morgan fingerprint density at radius 3 is 2.70 bits per heavy atom. The van der Waals surface area contributed by atoms with Crippen molar-refractivity contribution in [2.75, 3.05) is 13.7 Å². The lowest BCUT2D eigenvalue weighted by Crippen LogP contribution is -2.10. The van der Waals surface area contributed by atoms with Crippen LogP contribution in [-0.2, 0) is 4.79 Å². The number of nitriles is 1. The third-order valence-corrected chi connectivity index (χ3v) is 5.60. The van der Waals surface area contributed by atoms with E-state index in [1.165, 1.54) is 7.11 Å². The zero-order valence-corrected chi connectivity index (χ0v) is 17.8. The summed E-state index contributed by atoms with van der Waals surface area (Å²) in [5, 5.41) is 26.7. The lowest BCUT2D eigenvalue weighted by Gasteiger charge is -2.19. The van der Waals surface area contributed by atoms with Crippen LogP contribution in [0.15, 0.2) is 47.1 Å². The molecule has 33 heavy (non-hydrogen) atoms. The largest absolute Gasteiger partial charge is 0.495 e. The fourth-order valence-corrected chi connectivity index (χ4v) is 4.25. The van der Waals surface area contributed by atoms with E-state index in [1.807, 2.05) is 18.2 Å². The molecule has 0 aliphatic heterocycles. The molecule has 5 aromatic rings. The molecule has 0 aliphatic rings. The van der Waals surface area contributed by atoms with Crippen molar-refractivity contribution in [2.24, 2.45) is 0 Å². The number of carboxylic acid groups (broad SMARTS) is 1. The highest BCUT2D eigenvalue weighted by Crippen LogP contribution is 2.47. The van der Waals surface area contributed by atoms with Crippen molar-refractivity contribution in [1.29, 1.82) is 5.26 Å². The second-order valence-corrected chi connectivity index (χ2v) is 7.40. The van der Waals surface area contributed by atoms with Crippen LogP contribution in [0.2, 0.25) is 0 Å². The first-order chi connectivity index (χ1) is 16.1. The van der Waals surface area contributed by atoms with E-state index in [2.05, 4.69) is 25.1 Å². The molecule has 0 spiro atoms. The molecule has 1 N–H and O–H groups in total. The van der Waals surface area contributed by atoms with Gasteiger partial charge in [-0.15, -0.1) is 0 Å². The average molecular weight is 459 g/mol. The molecule has 0 unspecified atom stereocenters. The van der Waals surface area contributed by atoms with Crippen LogP contribution in [0, 0.1) is 11.3 Å². The summed E-state index contributed by atoms with van der Waals surface area (Å²) in [7, 11) is 1.49. The first kappa shape index (κ1) is 20.3. The van der Waals surface area contributed by atoms with E-state index < -0.39 is 12.6 Å². The van der Waals surface area contributed by atoms with Crippen LogP contribution in [0.1, 0.15) is 5.56 Å². The summed E-state index contributed by atoms with van der Waals surface area (Å²) in [6.45, 7) is -0.541. The molecule has 0 aliphatic carbocycles. The van der Waals surface area contributed by atoms with Crippen LogP contribution in [0.25, 0.3) is 44.3 Å². The Balaban J connectivity index is 1.82. The quantitative estimate of drug-likeness (QED) is 0.397. The van der Waals surface area contributed by atoms with E-state index >= 15 is 0 Å². The summed E-state index contributed by atoms with van der Waals surface area (Å²) < 4.78 is 24.9. The first-order valence-electron chi connectivity index (χ1n) is 9.55. The molecule has 0 saturated carbocycles. The Kier molecular flexibility index (Phi) is 5.04. The molecule has 2 aromatic heterocycles. The number of aliphatic carboxylic acids is 1. The number of aromatic nitrogens is 4. The lowest BCUT2D eigenvalue weighted by molar-refractivity contribution is -0.139. The number of nitrogens with zero attached hydrogens (tertiary/aromatic N) is 5. The third-order valence-electron chi connectivity index (χ3n) is 5.06. The van der Waals surface area contributed by atoms with Crippen LogP contribution in [0.3, 0.4) is 0 Å². The van der Waals surface area contributed by atoms with Gasteiger partial charge in [-0.05, 0) is 34.6 Å². The van der Waals surface area contributed by atoms with Gasteiger partial charge in [0.1, 0.15) is 34.1 Å². The van der Waals surface area contributed by atoms with Gasteiger partial charge < -0.3 is 14.6 Å². The van der Waals surface area contributed by atoms with Crippen LogP contribution in [0.4, 0.5) is 0 Å². The summed E-state index contributed by atoms with van der Waals surface area (Å²) in [6.07, 6.45) is 0. The van der Waals surface area contributed by atoms with Gasteiger partial charge in [0.05, 0.1) is 30.0 Å². The Hall–Kier alpha value is -4.56. The van der Waals surface area contributed by atoms with E-state index in [9.17, 15) is 10.1 Å². The number of methoxy groups -OCH3 is 1. The minimum atomic E-state index is -1.12. The van der Waals surface area contributed by atoms with Gasteiger partial charge in [-0.25, -0.2) is 9.42 Å². The number of rotatable bonds is 6. The SMILES string of the molecule is COc1c(-c2ccc3nonc3c2C#N)ccc(OCC(=O)O)c1-c1cccc2nsnc12. The Bertz CT molecular complexity index is 1570. The molecule has 11 heteroatoms. The van der Waals surface area contributed by atoms with E-state index in [1.54, 1.807) is 24.3 Å². The number of benzene rings is 3. The van der Waals surface area contributed by atoms with E-state index in [0.29, 0.717) is 55.8 Å². The maximum atomic E-state index is 11.2. The standard InChI is InChI=1S/C22H13N5O5S/c1-30-22-12(11-5-7-15-20(14(11)9-23)25-32-24-15)6-8-17(31-10-18(28)29)19(22)13-3-2-4-16-21(13)27-33-26-16/h2-8H,10H2,1H3,(H,28,29). The fourth-order valence-electron chi connectivity index (χ4n) is 3.70. The summed E-state index contributed by atoms with van der Waals surface area (Å²) in [6, 6.07) is 14.4. The highest BCUT2D eigenvalue weighted by atomic mass is 32.1. The van der Waals surface area contributed by atoms with Gasteiger partial charge in [0.25, 0.3) is 0 Å². The van der Waals surface area contributed by atoms with Crippen molar-refractivity contribution in [2.45, 2.75) is 0 Å². The number of fused-ring (bicyclic) bond motifs is 2. The summed E-state index contributed by atoms with van der Waals surface area (Å²) >= 11 is 1.06. The van der Waals surface area contributed by atoms with E-state index in [-0.39, 0.29) is 5.56 Å². The van der Waals surface area contributed by atoms with Gasteiger partial charge in [-0.1, -0.05) is 18.2 Å². The van der Waals surface area contributed by atoms with Gasteiger partial charge in [0.15, 0.2) is 12.1 Å². The van der Waals surface area contributed by atoms with Crippen LogP contribution in [-0.4, -0.2) is 43.9 Å².